The fraction of sp³-hybridized carbons (Fsp3) is 0.143. The molecule has 0 spiro atoms. The molecule has 1 heterocycles. The Morgan fingerprint density at radius 2 is 1.87 bits per heavy atom. The number of amides is 1. The topological polar surface area (TPSA) is 125 Å². The van der Waals surface area contributed by atoms with E-state index in [1.807, 2.05) is 0 Å². The van der Waals surface area contributed by atoms with Gasteiger partial charge in [-0.1, -0.05) is 24.3 Å². The zero-order valence-electron chi connectivity index (χ0n) is 16.4. The van der Waals surface area contributed by atoms with Crippen LogP contribution in [0.15, 0.2) is 48.7 Å². The highest BCUT2D eigenvalue weighted by atomic mass is 19.1. The number of benzene rings is 2. The number of nitrogens with two attached hydrogens (primary N) is 1. The predicted molar refractivity (Wildman–Crippen MR) is 110 cm³/mol. The number of halogens is 1. The van der Waals surface area contributed by atoms with Crippen molar-refractivity contribution in [3.8, 4) is 22.6 Å². The number of esters is 1. The largest absolute Gasteiger partial charge is 0.468 e. The second kappa shape index (κ2) is 8.56. The lowest BCUT2D eigenvalue weighted by atomic mass is 10.1. The van der Waals surface area contributed by atoms with Crippen molar-refractivity contribution in [3.63, 3.8) is 0 Å². The summed E-state index contributed by atoms with van der Waals surface area (Å²) in [6.07, 6.45) is 1.61. The Kier molecular flexibility index (Phi) is 5.91. The molecule has 30 heavy (non-hydrogen) atoms. The first-order valence-electron chi connectivity index (χ1n) is 8.95. The Morgan fingerprint density at radius 1 is 1.20 bits per heavy atom. The summed E-state index contributed by atoms with van der Waals surface area (Å²) in [5, 5.41) is 7.44. The average molecular weight is 409 g/mol. The molecule has 154 valence electrons. The van der Waals surface area contributed by atoms with E-state index in [4.69, 9.17) is 11.1 Å². The molecule has 0 fully saturated rings. The summed E-state index contributed by atoms with van der Waals surface area (Å²) in [5.41, 5.74) is 8.06. The van der Waals surface area contributed by atoms with Gasteiger partial charge in [0, 0.05) is 18.1 Å². The van der Waals surface area contributed by atoms with Gasteiger partial charge in [-0.3, -0.25) is 19.9 Å². The number of carbonyl (C=O) groups excluding carboxylic acids is 2. The third-order valence-electron chi connectivity index (χ3n) is 4.49. The molecule has 0 atom stereocenters. The molecule has 0 saturated heterocycles. The number of carbonyl (C=O) groups is 2. The molecule has 0 aliphatic heterocycles. The minimum absolute atomic E-state index is 0.0192. The molecule has 0 saturated carbocycles. The number of imidazole rings is 1. The number of methoxy groups -OCH3 is 1. The van der Waals surface area contributed by atoms with Gasteiger partial charge in [-0.25, -0.2) is 9.37 Å². The van der Waals surface area contributed by atoms with Gasteiger partial charge in [0.1, 0.15) is 24.0 Å². The van der Waals surface area contributed by atoms with Crippen LogP contribution >= 0.6 is 0 Å². The Labute approximate surface area is 172 Å². The molecule has 8 nitrogen and oxygen atoms in total. The molecular formula is C21H20FN5O3. The van der Waals surface area contributed by atoms with E-state index >= 15 is 0 Å². The monoisotopic (exact) mass is 409 g/mol. The number of H-pyrrole nitrogens is 1. The standard InChI is InChI=1S/C21H20FN5O3/c1-12(28)27(11-19(29)30-2)18-8-7-15(9-16(18)22)21-25-10-17(26-21)13-3-5-14(6-4-13)20(23)24/h3-10H,11H2,1-2H3,(H3,23,24)(H,25,26). The van der Waals surface area contributed by atoms with Crippen LogP contribution in [0.2, 0.25) is 0 Å². The molecule has 1 aromatic heterocycles. The van der Waals surface area contributed by atoms with Gasteiger partial charge in [-0.2, -0.15) is 0 Å². The van der Waals surface area contributed by atoms with Crippen molar-refractivity contribution in [2.75, 3.05) is 18.6 Å². The first-order chi connectivity index (χ1) is 14.3. The van der Waals surface area contributed by atoms with Crippen molar-refractivity contribution in [1.82, 2.24) is 9.97 Å². The third kappa shape index (κ3) is 4.35. The van der Waals surface area contributed by atoms with Crippen molar-refractivity contribution < 1.29 is 18.7 Å². The highest BCUT2D eigenvalue weighted by Gasteiger charge is 2.20. The fourth-order valence-electron chi connectivity index (χ4n) is 2.88. The fourth-order valence-corrected chi connectivity index (χ4v) is 2.88. The molecule has 0 aliphatic rings. The van der Waals surface area contributed by atoms with Gasteiger partial charge >= 0.3 is 5.97 Å². The molecule has 1 amide bonds. The lowest BCUT2D eigenvalue weighted by molar-refractivity contribution is -0.139. The van der Waals surface area contributed by atoms with Crippen LogP contribution in [0.3, 0.4) is 0 Å². The van der Waals surface area contributed by atoms with E-state index in [1.165, 1.54) is 26.2 Å². The summed E-state index contributed by atoms with van der Waals surface area (Å²) in [6, 6.07) is 11.3. The number of aromatic amines is 1. The van der Waals surface area contributed by atoms with Crippen LogP contribution in [0.25, 0.3) is 22.6 Å². The molecule has 3 aromatic rings. The average Bonchev–Trinajstić information content (AvgIpc) is 3.22. The maximum atomic E-state index is 14.7. The molecule has 9 heteroatoms. The predicted octanol–water partition coefficient (Wildman–Crippen LogP) is 2.69. The highest BCUT2D eigenvalue weighted by Crippen LogP contribution is 2.27. The Bertz CT molecular complexity index is 1110. The number of amidine groups is 1. The molecule has 0 aliphatic carbocycles. The van der Waals surface area contributed by atoms with E-state index in [2.05, 4.69) is 14.7 Å². The first-order valence-corrected chi connectivity index (χ1v) is 8.95. The van der Waals surface area contributed by atoms with E-state index in [1.54, 1.807) is 36.5 Å². The van der Waals surface area contributed by atoms with Gasteiger partial charge in [0.15, 0.2) is 0 Å². The first kappa shape index (κ1) is 20.7. The summed E-state index contributed by atoms with van der Waals surface area (Å²) < 4.78 is 19.3. The minimum atomic E-state index is -0.671. The summed E-state index contributed by atoms with van der Waals surface area (Å²) in [7, 11) is 1.20. The van der Waals surface area contributed by atoms with Crippen molar-refractivity contribution in [2.24, 2.45) is 5.73 Å². The summed E-state index contributed by atoms with van der Waals surface area (Å²) in [6.45, 7) is 0.857. The number of ether oxygens (including phenoxy) is 1. The normalized spacial score (nSPS) is 10.5. The van der Waals surface area contributed by atoms with Gasteiger partial charge in [0.05, 0.1) is 24.7 Å². The maximum Gasteiger partial charge on any atom is 0.325 e. The molecule has 0 bridgehead atoms. The number of nitrogen functional groups attached to an aromatic ring is 1. The SMILES string of the molecule is COC(=O)CN(C(C)=O)c1ccc(-c2ncc(-c3ccc(C(=N)N)cc3)[nH]2)cc1F. The van der Waals surface area contributed by atoms with Crippen molar-refractivity contribution in [2.45, 2.75) is 6.92 Å². The molecule has 2 aromatic carbocycles. The Hall–Kier alpha value is -4.01. The number of hydrogen-bond acceptors (Lipinski definition) is 5. The van der Waals surface area contributed by atoms with Crippen LogP contribution in [-0.2, 0) is 14.3 Å². The summed E-state index contributed by atoms with van der Waals surface area (Å²) in [4.78, 5) is 31.8. The number of nitrogens with one attached hydrogen (secondary N) is 2. The number of rotatable bonds is 6. The van der Waals surface area contributed by atoms with E-state index in [-0.39, 0.29) is 18.1 Å². The second-order valence-corrected chi connectivity index (χ2v) is 6.48. The van der Waals surface area contributed by atoms with E-state index in [0.717, 1.165) is 10.5 Å². The highest BCUT2D eigenvalue weighted by molar-refractivity contribution is 5.96. The van der Waals surface area contributed by atoms with Crippen molar-refractivity contribution in [1.29, 1.82) is 5.41 Å². The summed E-state index contributed by atoms with van der Waals surface area (Å²) in [5.74, 6) is -1.39. The zero-order valence-corrected chi connectivity index (χ0v) is 16.4. The minimum Gasteiger partial charge on any atom is -0.468 e. The number of aromatic nitrogens is 2. The lowest BCUT2D eigenvalue weighted by Gasteiger charge is -2.20. The van der Waals surface area contributed by atoms with Gasteiger partial charge in [-0.15, -0.1) is 0 Å². The molecule has 0 unspecified atom stereocenters. The lowest BCUT2D eigenvalue weighted by Crippen LogP contribution is -2.35. The van der Waals surface area contributed by atoms with Gasteiger partial charge in [0.2, 0.25) is 5.91 Å². The van der Waals surface area contributed by atoms with Crippen LogP contribution in [0.4, 0.5) is 10.1 Å². The van der Waals surface area contributed by atoms with E-state index < -0.39 is 17.7 Å². The van der Waals surface area contributed by atoms with Crippen LogP contribution < -0.4 is 10.6 Å². The molecule has 0 radical (unpaired) electrons. The van der Waals surface area contributed by atoms with Gasteiger partial charge < -0.3 is 15.5 Å². The van der Waals surface area contributed by atoms with E-state index in [9.17, 15) is 14.0 Å². The second-order valence-electron chi connectivity index (χ2n) is 6.48. The maximum absolute atomic E-state index is 14.7. The summed E-state index contributed by atoms with van der Waals surface area (Å²) >= 11 is 0. The smallest absolute Gasteiger partial charge is 0.325 e. The Morgan fingerprint density at radius 3 is 2.43 bits per heavy atom. The van der Waals surface area contributed by atoms with Crippen LogP contribution in [0, 0.1) is 11.2 Å². The van der Waals surface area contributed by atoms with Gasteiger partial charge in [-0.05, 0) is 23.8 Å². The van der Waals surface area contributed by atoms with Crippen LogP contribution in [-0.4, -0.2) is 41.3 Å². The quantitative estimate of drug-likeness (QED) is 0.328. The van der Waals surface area contributed by atoms with Crippen LogP contribution in [0.5, 0.6) is 0 Å². The van der Waals surface area contributed by atoms with Gasteiger partial charge in [0.25, 0.3) is 0 Å². The molecule has 4 N–H and O–H groups in total. The molecule has 3 rings (SSSR count). The number of hydrogen-bond donors (Lipinski definition) is 3. The number of nitrogens with zero attached hydrogens (tertiary/aromatic N) is 2. The van der Waals surface area contributed by atoms with Crippen molar-refractivity contribution in [3.05, 3.63) is 60.0 Å². The number of anilines is 1. The molecular weight excluding hydrogens is 389 g/mol. The third-order valence-corrected chi connectivity index (χ3v) is 4.49. The van der Waals surface area contributed by atoms with Crippen LogP contribution in [0.1, 0.15) is 12.5 Å². The van der Waals surface area contributed by atoms with Crippen molar-refractivity contribution >= 4 is 23.4 Å². The van der Waals surface area contributed by atoms with E-state index in [0.29, 0.717) is 22.6 Å². The zero-order chi connectivity index (χ0) is 21.8. The Balaban J connectivity index is 1.87.